The van der Waals surface area contributed by atoms with Crippen LogP contribution in [0.3, 0.4) is 0 Å². The highest BCUT2D eigenvalue weighted by Gasteiger charge is 2.30. The Morgan fingerprint density at radius 1 is 1.10 bits per heavy atom. The standard InChI is InChI=1S/C21H20F3N3OS/c1-12-6-7-13(2)18-17(12)10-14(19(28)27-18)8-9-25-20(29)26-16-5-3-4-15(11-16)21(22,23)24/h3-7,10-11H,8-9H2,1-2H3,(H,27,28)(H2,25,26,29). The monoisotopic (exact) mass is 419 g/mol. The van der Waals surface area contributed by atoms with Gasteiger partial charge in [-0.3, -0.25) is 4.79 Å². The number of fused-ring (bicyclic) bond motifs is 1. The molecule has 0 aliphatic heterocycles. The fourth-order valence-corrected chi connectivity index (χ4v) is 3.28. The number of aryl methyl sites for hydroxylation is 2. The molecule has 0 saturated carbocycles. The number of alkyl halides is 3. The van der Waals surface area contributed by atoms with Gasteiger partial charge in [-0.2, -0.15) is 13.2 Å². The number of aromatic nitrogens is 1. The molecular formula is C21H20F3N3OS. The zero-order valence-electron chi connectivity index (χ0n) is 15.9. The summed E-state index contributed by atoms with van der Waals surface area (Å²) in [5.41, 5.74) is 2.83. The van der Waals surface area contributed by atoms with Crippen LogP contribution in [-0.2, 0) is 12.6 Å². The molecule has 0 spiro atoms. The average molecular weight is 419 g/mol. The second kappa shape index (κ2) is 8.24. The first-order chi connectivity index (χ1) is 13.6. The van der Waals surface area contributed by atoms with E-state index in [9.17, 15) is 18.0 Å². The number of hydrogen-bond donors (Lipinski definition) is 3. The largest absolute Gasteiger partial charge is 0.416 e. The van der Waals surface area contributed by atoms with E-state index in [1.807, 2.05) is 32.0 Å². The van der Waals surface area contributed by atoms with Crippen LogP contribution in [-0.4, -0.2) is 16.6 Å². The zero-order valence-corrected chi connectivity index (χ0v) is 16.7. The van der Waals surface area contributed by atoms with E-state index >= 15 is 0 Å². The van der Waals surface area contributed by atoms with Crippen molar-refractivity contribution in [2.24, 2.45) is 0 Å². The minimum Gasteiger partial charge on any atom is -0.362 e. The molecule has 0 unspecified atom stereocenters. The van der Waals surface area contributed by atoms with Gasteiger partial charge in [-0.05, 0) is 67.9 Å². The first kappa shape index (κ1) is 20.9. The Labute approximate surface area is 171 Å². The van der Waals surface area contributed by atoms with Gasteiger partial charge in [0.1, 0.15) is 0 Å². The normalized spacial score (nSPS) is 11.5. The molecule has 0 atom stereocenters. The summed E-state index contributed by atoms with van der Waals surface area (Å²) in [6.07, 6.45) is -4.00. The summed E-state index contributed by atoms with van der Waals surface area (Å²) in [4.78, 5) is 15.3. The van der Waals surface area contributed by atoms with E-state index in [1.165, 1.54) is 12.1 Å². The van der Waals surface area contributed by atoms with Gasteiger partial charge in [0.15, 0.2) is 5.11 Å². The molecule has 8 heteroatoms. The van der Waals surface area contributed by atoms with Crippen molar-refractivity contribution in [1.29, 1.82) is 0 Å². The van der Waals surface area contributed by atoms with Crippen LogP contribution in [0.1, 0.15) is 22.3 Å². The van der Waals surface area contributed by atoms with Crippen molar-refractivity contribution >= 4 is 33.9 Å². The molecule has 0 saturated heterocycles. The molecule has 4 nitrogen and oxygen atoms in total. The number of thiocarbonyl (C=S) groups is 1. The maximum absolute atomic E-state index is 12.8. The van der Waals surface area contributed by atoms with Crippen LogP contribution in [0, 0.1) is 13.8 Å². The Hall–Kier alpha value is -2.87. The number of hydrogen-bond acceptors (Lipinski definition) is 2. The van der Waals surface area contributed by atoms with Crippen LogP contribution < -0.4 is 16.2 Å². The Morgan fingerprint density at radius 3 is 2.55 bits per heavy atom. The second-order valence-corrected chi connectivity index (χ2v) is 7.23. The number of aromatic amines is 1. The number of rotatable bonds is 4. The lowest BCUT2D eigenvalue weighted by molar-refractivity contribution is -0.137. The highest BCUT2D eigenvalue weighted by Crippen LogP contribution is 2.30. The van der Waals surface area contributed by atoms with Crippen LogP contribution in [0.5, 0.6) is 0 Å². The number of benzene rings is 2. The first-order valence-corrected chi connectivity index (χ1v) is 9.40. The maximum Gasteiger partial charge on any atom is 0.416 e. The number of H-pyrrole nitrogens is 1. The van der Waals surface area contributed by atoms with Gasteiger partial charge < -0.3 is 15.6 Å². The van der Waals surface area contributed by atoms with Gasteiger partial charge in [0.2, 0.25) is 0 Å². The molecule has 0 amide bonds. The van der Waals surface area contributed by atoms with Crippen LogP contribution in [0.4, 0.5) is 18.9 Å². The molecule has 0 radical (unpaired) electrons. The fourth-order valence-electron chi connectivity index (χ4n) is 3.06. The number of halogens is 3. The highest BCUT2D eigenvalue weighted by molar-refractivity contribution is 7.80. The van der Waals surface area contributed by atoms with Gasteiger partial charge in [-0.15, -0.1) is 0 Å². The smallest absolute Gasteiger partial charge is 0.362 e. The molecule has 0 bridgehead atoms. The van der Waals surface area contributed by atoms with Crippen molar-refractivity contribution in [2.75, 3.05) is 11.9 Å². The molecule has 152 valence electrons. The summed E-state index contributed by atoms with van der Waals surface area (Å²) in [6.45, 7) is 4.29. The lowest BCUT2D eigenvalue weighted by Crippen LogP contribution is -2.31. The van der Waals surface area contributed by atoms with Crippen LogP contribution in [0.2, 0.25) is 0 Å². The van der Waals surface area contributed by atoms with E-state index in [2.05, 4.69) is 15.6 Å². The minimum atomic E-state index is -4.42. The molecule has 0 aliphatic rings. The lowest BCUT2D eigenvalue weighted by atomic mass is 10.0. The molecule has 0 fully saturated rings. The molecule has 0 aliphatic carbocycles. The van der Waals surface area contributed by atoms with E-state index in [4.69, 9.17) is 12.2 Å². The first-order valence-electron chi connectivity index (χ1n) is 8.99. The number of anilines is 1. The van der Waals surface area contributed by atoms with Crippen LogP contribution in [0.25, 0.3) is 10.9 Å². The lowest BCUT2D eigenvalue weighted by Gasteiger charge is -2.13. The third-order valence-corrected chi connectivity index (χ3v) is 4.89. The summed E-state index contributed by atoms with van der Waals surface area (Å²) >= 11 is 5.15. The van der Waals surface area contributed by atoms with Gasteiger partial charge in [-0.25, -0.2) is 0 Å². The molecule has 3 N–H and O–H groups in total. The van der Waals surface area contributed by atoms with Crippen LogP contribution in [0.15, 0.2) is 47.3 Å². The minimum absolute atomic E-state index is 0.162. The molecule has 3 aromatic rings. The summed E-state index contributed by atoms with van der Waals surface area (Å²) in [5, 5.41) is 6.84. The Kier molecular flexibility index (Phi) is 5.93. The summed E-state index contributed by atoms with van der Waals surface area (Å²) in [5.74, 6) is 0. The zero-order chi connectivity index (χ0) is 21.2. The van der Waals surface area contributed by atoms with Gasteiger partial charge in [-0.1, -0.05) is 18.2 Å². The number of nitrogens with one attached hydrogen (secondary N) is 3. The Balaban J connectivity index is 1.64. The summed E-state index contributed by atoms with van der Waals surface area (Å²) in [6, 6.07) is 10.7. The van der Waals surface area contributed by atoms with Crippen molar-refractivity contribution in [3.05, 3.63) is 75.1 Å². The van der Waals surface area contributed by atoms with Gasteiger partial charge in [0.05, 0.1) is 11.1 Å². The quantitative estimate of drug-likeness (QED) is 0.537. The molecule has 1 aromatic heterocycles. The van der Waals surface area contributed by atoms with Crippen molar-refractivity contribution in [2.45, 2.75) is 26.4 Å². The predicted octanol–water partition coefficient (Wildman–Crippen LogP) is 4.69. The van der Waals surface area contributed by atoms with E-state index in [-0.39, 0.29) is 16.4 Å². The van der Waals surface area contributed by atoms with E-state index in [0.29, 0.717) is 18.5 Å². The van der Waals surface area contributed by atoms with Gasteiger partial charge in [0.25, 0.3) is 5.56 Å². The SMILES string of the molecule is Cc1ccc(C)c2[nH]c(=O)c(CCNC(=S)Nc3cccc(C(F)(F)F)c3)cc12. The number of pyridine rings is 1. The van der Waals surface area contributed by atoms with E-state index in [1.54, 1.807) is 0 Å². The van der Waals surface area contributed by atoms with Gasteiger partial charge in [0, 0.05) is 23.2 Å². The molecular weight excluding hydrogens is 399 g/mol. The molecule has 2 aromatic carbocycles. The molecule has 29 heavy (non-hydrogen) atoms. The third kappa shape index (κ3) is 4.95. The maximum atomic E-state index is 12.8. The summed E-state index contributed by atoms with van der Waals surface area (Å²) < 4.78 is 38.4. The van der Waals surface area contributed by atoms with E-state index < -0.39 is 11.7 Å². The van der Waals surface area contributed by atoms with Crippen molar-refractivity contribution in [3.8, 4) is 0 Å². The van der Waals surface area contributed by atoms with E-state index in [0.717, 1.165) is 34.2 Å². The fraction of sp³-hybridized carbons (Fsp3) is 0.238. The van der Waals surface area contributed by atoms with Crippen molar-refractivity contribution in [1.82, 2.24) is 10.3 Å². The van der Waals surface area contributed by atoms with Crippen molar-refractivity contribution in [3.63, 3.8) is 0 Å². The topological polar surface area (TPSA) is 56.9 Å². The third-order valence-electron chi connectivity index (χ3n) is 4.65. The predicted molar refractivity (Wildman–Crippen MR) is 113 cm³/mol. The molecule has 1 heterocycles. The summed E-state index contributed by atoms with van der Waals surface area (Å²) in [7, 11) is 0. The Bertz CT molecular complexity index is 1120. The second-order valence-electron chi connectivity index (χ2n) is 6.82. The van der Waals surface area contributed by atoms with Crippen LogP contribution >= 0.6 is 12.2 Å². The Morgan fingerprint density at radius 2 is 1.83 bits per heavy atom. The highest BCUT2D eigenvalue weighted by atomic mass is 32.1. The van der Waals surface area contributed by atoms with Crippen molar-refractivity contribution < 1.29 is 13.2 Å². The van der Waals surface area contributed by atoms with Gasteiger partial charge >= 0.3 is 6.18 Å². The molecule has 3 rings (SSSR count). The average Bonchev–Trinajstić information content (AvgIpc) is 2.65.